The molecule has 1 fully saturated rings. The lowest BCUT2D eigenvalue weighted by molar-refractivity contribution is -0.121. The monoisotopic (exact) mass is 232 g/mol. The Morgan fingerprint density at radius 3 is 2.76 bits per heavy atom. The Kier molecular flexibility index (Phi) is 4.01. The third kappa shape index (κ3) is 3.22. The molecule has 0 radical (unpaired) electrons. The van der Waals surface area contributed by atoms with Crippen molar-refractivity contribution in [2.45, 2.75) is 25.0 Å². The van der Waals surface area contributed by atoms with Crippen molar-refractivity contribution in [1.29, 1.82) is 0 Å². The van der Waals surface area contributed by atoms with Gasteiger partial charge in [-0.25, -0.2) is 0 Å². The van der Waals surface area contributed by atoms with Gasteiger partial charge in [0.2, 0.25) is 0 Å². The van der Waals surface area contributed by atoms with Gasteiger partial charge in [-0.1, -0.05) is 30.3 Å². The van der Waals surface area contributed by atoms with Crippen LogP contribution in [0.15, 0.2) is 30.3 Å². The van der Waals surface area contributed by atoms with E-state index in [4.69, 9.17) is 0 Å². The molecule has 2 N–H and O–H groups in total. The largest absolute Gasteiger partial charge is 0.302 e. The van der Waals surface area contributed by atoms with Crippen LogP contribution < -0.4 is 10.6 Å². The van der Waals surface area contributed by atoms with Crippen LogP contribution in [0.1, 0.15) is 12.0 Å². The number of rotatable bonds is 5. The summed E-state index contributed by atoms with van der Waals surface area (Å²) >= 11 is 0. The molecule has 4 heteroatoms. The zero-order chi connectivity index (χ0) is 12.1. The van der Waals surface area contributed by atoms with Gasteiger partial charge in [-0.15, -0.1) is 0 Å². The van der Waals surface area contributed by atoms with Gasteiger partial charge in [0, 0.05) is 13.0 Å². The first-order chi connectivity index (χ1) is 8.29. The van der Waals surface area contributed by atoms with Crippen molar-refractivity contribution in [3.8, 4) is 0 Å². The third-order valence-electron chi connectivity index (χ3n) is 2.91. The standard InChI is InChI=1S/C13H16N2O2/c16-9-11-8-14-13(15-11)12(17)7-6-10-4-2-1-3-5-10/h1-5,9,11,13-15H,6-8H2. The van der Waals surface area contributed by atoms with E-state index in [0.717, 1.165) is 18.3 Å². The summed E-state index contributed by atoms with van der Waals surface area (Å²) < 4.78 is 0. The number of ketones is 1. The highest BCUT2D eigenvalue weighted by atomic mass is 16.1. The molecule has 1 aliphatic heterocycles. The van der Waals surface area contributed by atoms with Gasteiger partial charge in [-0.05, 0) is 12.0 Å². The molecule has 0 amide bonds. The molecule has 2 unspecified atom stereocenters. The minimum atomic E-state index is -0.367. The summed E-state index contributed by atoms with van der Waals surface area (Å²) in [4.78, 5) is 22.4. The van der Waals surface area contributed by atoms with Crippen molar-refractivity contribution in [2.24, 2.45) is 0 Å². The molecule has 0 aliphatic carbocycles. The van der Waals surface area contributed by atoms with Gasteiger partial charge < -0.3 is 4.79 Å². The molecule has 0 spiro atoms. The summed E-state index contributed by atoms with van der Waals surface area (Å²) in [7, 11) is 0. The maximum atomic E-state index is 11.8. The number of hydrogen-bond donors (Lipinski definition) is 2. The quantitative estimate of drug-likeness (QED) is 0.716. The number of nitrogens with one attached hydrogen (secondary N) is 2. The number of benzene rings is 1. The highest BCUT2D eigenvalue weighted by Crippen LogP contribution is 2.05. The van der Waals surface area contributed by atoms with Crippen molar-refractivity contribution in [2.75, 3.05) is 6.54 Å². The smallest absolute Gasteiger partial charge is 0.164 e. The first kappa shape index (κ1) is 12.0. The number of aryl methyl sites for hydroxylation is 1. The summed E-state index contributed by atoms with van der Waals surface area (Å²) in [6.45, 7) is 0.533. The van der Waals surface area contributed by atoms with Crippen molar-refractivity contribution in [1.82, 2.24) is 10.6 Å². The molecular formula is C13H16N2O2. The van der Waals surface area contributed by atoms with Crippen LogP contribution in [0.4, 0.5) is 0 Å². The van der Waals surface area contributed by atoms with Crippen LogP contribution in [0.2, 0.25) is 0 Å². The van der Waals surface area contributed by atoms with Crippen LogP contribution in [-0.2, 0) is 16.0 Å². The van der Waals surface area contributed by atoms with Crippen molar-refractivity contribution in [3.05, 3.63) is 35.9 Å². The molecule has 90 valence electrons. The third-order valence-corrected chi connectivity index (χ3v) is 2.91. The molecule has 0 bridgehead atoms. The second-order valence-electron chi connectivity index (χ2n) is 4.20. The van der Waals surface area contributed by atoms with E-state index in [2.05, 4.69) is 10.6 Å². The van der Waals surface area contributed by atoms with Crippen LogP contribution in [0.5, 0.6) is 0 Å². The fourth-order valence-electron chi connectivity index (χ4n) is 1.93. The normalized spacial score (nSPS) is 23.5. The van der Waals surface area contributed by atoms with E-state index in [9.17, 15) is 9.59 Å². The van der Waals surface area contributed by atoms with Crippen molar-refractivity contribution >= 4 is 12.1 Å². The lowest BCUT2D eigenvalue weighted by Crippen LogP contribution is -2.41. The number of hydrogen-bond acceptors (Lipinski definition) is 4. The van der Waals surface area contributed by atoms with Gasteiger partial charge in [-0.2, -0.15) is 0 Å². The lowest BCUT2D eigenvalue weighted by atomic mass is 10.1. The van der Waals surface area contributed by atoms with Gasteiger partial charge in [0.15, 0.2) is 5.78 Å². The van der Waals surface area contributed by atoms with Gasteiger partial charge >= 0.3 is 0 Å². The number of carbonyl (C=O) groups is 2. The predicted molar refractivity (Wildman–Crippen MR) is 64.5 cm³/mol. The van der Waals surface area contributed by atoms with E-state index in [-0.39, 0.29) is 18.0 Å². The summed E-state index contributed by atoms with van der Waals surface area (Å²) in [6.07, 6.45) is 1.69. The molecular weight excluding hydrogens is 216 g/mol. The minimum Gasteiger partial charge on any atom is -0.302 e. The maximum Gasteiger partial charge on any atom is 0.164 e. The predicted octanol–water partition coefficient (Wildman–Crippen LogP) is 0.275. The van der Waals surface area contributed by atoms with Crippen molar-refractivity contribution in [3.63, 3.8) is 0 Å². The van der Waals surface area contributed by atoms with E-state index in [0.29, 0.717) is 13.0 Å². The average Bonchev–Trinajstić information content (AvgIpc) is 2.86. The van der Waals surface area contributed by atoms with Gasteiger partial charge in [0.05, 0.1) is 6.04 Å². The Hall–Kier alpha value is -1.52. The van der Waals surface area contributed by atoms with E-state index < -0.39 is 0 Å². The Morgan fingerprint density at radius 2 is 2.12 bits per heavy atom. The zero-order valence-electron chi connectivity index (χ0n) is 9.56. The Bertz CT molecular complexity index is 392. The second-order valence-corrected chi connectivity index (χ2v) is 4.20. The SMILES string of the molecule is O=CC1CNC(C(=O)CCc2ccccc2)N1. The number of aldehydes is 1. The van der Waals surface area contributed by atoms with E-state index >= 15 is 0 Å². The molecule has 0 aromatic heterocycles. The highest BCUT2D eigenvalue weighted by Gasteiger charge is 2.27. The van der Waals surface area contributed by atoms with Crippen LogP contribution in [0.3, 0.4) is 0 Å². The summed E-state index contributed by atoms with van der Waals surface area (Å²) in [5, 5.41) is 5.95. The summed E-state index contributed by atoms with van der Waals surface area (Å²) in [6, 6.07) is 9.68. The van der Waals surface area contributed by atoms with E-state index in [1.54, 1.807) is 0 Å². The molecule has 2 atom stereocenters. The molecule has 2 rings (SSSR count). The van der Waals surface area contributed by atoms with Crippen LogP contribution in [0.25, 0.3) is 0 Å². The van der Waals surface area contributed by atoms with Crippen LogP contribution in [0, 0.1) is 0 Å². The van der Waals surface area contributed by atoms with E-state index in [1.165, 1.54) is 0 Å². The van der Waals surface area contributed by atoms with Crippen molar-refractivity contribution < 1.29 is 9.59 Å². The Balaban J connectivity index is 1.80. The maximum absolute atomic E-state index is 11.8. The molecule has 1 aromatic carbocycles. The fourth-order valence-corrected chi connectivity index (χ4v) is 1.93. The first-order valence-corrected chi connectivity index (χ1v) is 5.81. The zero-order valence-corrected chi connectivity index (χ0v) is 9.56. The fraction of sp³-hybridized carbons (Fsp3) is 0.385. The number of carbonyl (C=O) groups excluding carboxylic acids is 2. The van der Waals surface area contributed by atoms with Crippen LogP contribution >= 0.6 is 0 Å². The summed E-state index contributed by atoms with van der Waals surface area (Å²) in [5.41, 5.74) is 1.16. The molecule has 1 aromatic rings. The number of Topliss-reactive ketones (excluding diaryl/α,β-unsaturated/α-hetero) is 1. The topological polar surface area (TPSA) is 58.2 Å². The Labute approximate surface area is 100 Å². The Morgan fingerprint density at radius 1 is 1.35 bits per heavy atom. The minimum absolute atomic E-state index is 0.109. The molecule has 17 heavy (non-hydrogen) atoms. The lowest BCUT2D eigenvalue weighted by Gasteiger charge is -2.09. The van der Waals surface area contributed by atoms with Gasteiger partial charge in [0.25, 0.3) is 0 Å². The molecule has 1 aliphatic rings. The molecule has 4 nitrogen and oxygen atoms in total. The highest BCUT2D eigenvalue weighted by molar-refractivity contribution is 5.84. The van der Waals surface area contributed by atoms with Crippen LogP contribution in [-0.4, -0.2) is 30.8 Å². The molecule has 1 saturated heterocycles. The van der Waals surface area contributed by atoms with Gasteiger partial charge in [0.1, 0.15) is 12.5 Å². The average molecular weight is 232 g/mol. The first-order valence-electron chi connectivity index (χ1n) is 5.81. The molecule has 1 heterocycles. The molecule has 0 saturated carbocycles. The van der Waals surface area contributed by atoms with E-state index in [1.807, 2.05) is 30.3 Å². The van der Waals surface area contributed by atoms with Gasteiger partial charge in [-0.3, -0.25) is 15.4 Å². The second kappa shape index (κ2) is 5.70. The summed E-state index contributed by atoms with van der Waals surface area (Å²) in [5.74, 6) is 0.109.